The Balaban J connectivity index is 2.59. The van der Waals surface area contributed by atoms with Crippen molar-refractivity contribution in [2.45, 2.75) is 13.0 Å². The molecule has 1 N–H and O–H groups in total. The van der Waals surface area contributed by atoms with E-state index in [1.54, 1.807) is 0 Å². The van der Waals surface area contributed by atoms with Gasteiger partial charge < -0.3 is 14.8 Å². The average molecular weight is 237 g/mol. The number of hydrogen-bond donors (Lipinski definition) is 1. The highest BCUT2D eigenvalue weighted by Gasteiger charge is 2.21. The second-order valence-electron chi connectivity index (χ2n) is 3.54. The Hall–Kier alpha value is -1.39. The van der Waals surface area contributed by atoms with Crippen molar-refractivity contribution in [2.24, 2.45) is 0 Å². The maximum Gasteiger partial charge on any atom is 0.339 e. The molecule has 4 nitrogen and oxygen atoms in total. The first-order valence-corrected chi connectivity index (χ1v) is 5.74. The SMILES string of the molecule is CCNCCOC(C(=O)OC)c1ccccc1. The number of carbonyl (C=O) groups is 1. The fourth-order valence-electron chi connectivity index (χ4n) is 1.46. The Kier molecular flexibility index (Phi) is 6.29. The summed E-state index contributed by atoms with van der Waals surface area (Å²) in [4.78, 5) is 11.6. The number of ether oxygens (including phenoxy) is 2. The fraction of sp³-hybridized carbons (Fsp3) is 0.462. The Bertz CT molecular complexity index is 327. The van der Waals surface area contributed by atoms with Crippen molar-refractivity contribution in [1.29, 1.82) is 0 Å². The molecule has 0 saturated carbocycles. The zero-order valence-electron chi connectivity index (χ0n) is 10.3. The molecule has 0 bridgehead atoms. The van der Waals surface area contributed by atoms with E-state index in [0.717, 1.165) is 18.7 Å². The molecule has 1 atom stereocenters. The van der Waals surface area contributed by atoms with Crippen molar-refractivity contribution in [3.63, 3.8) is 0 Å². The predicted molar refractivity (Wildman–Crippen MR) is 65.7 cm³/mol. The minimum atomic E-state index is -0.639. The van der Waals surface area contributed by atoms with Gasteiger partial charge in [-0.2, -0.15) is 0 Å². The maximum atomic E-state index is 11.6. The van der Waals surface area contributed by atoms with Crippen LogP contribution in [0.2, 0.25) is 0 Å². The highest BCUT2D eigenvalue weighted by atomic mass is 16.6. The summed E-state index contributed by atoms with van der Waals surface area (Å²) < 4.78 is 10.3. The van der Waals surface area contributed by atoms with Gasteiger partial charge in [-0.25, -0.2) is 4.79 Å². The minimum absolute atomic E-state index is 0.368. The van der Waals surface area contributed by atoms with Crippen LogP contribution < -0.4 is 5.32 Å². The Labute approximate surface area is 102 Å². The highest BCUT2D eigenvalue weighted by molar-refractivity contribution is 5.76. The van der Waals surface area contributed by atoms with E-state index in [-0.39, 0.29) is 5.97 Å². The van der Waals surface area contributed by atoms with E-state index < -0.39 is 6.10 Å². The lowest BCUT2D eigenvalue weighted by Crippen LogP contribution is -2.24. The molecule has 0 amide bonds. The largest absolute Gasteiger partial charge is 0.467 e. The van der Waals surface area contributed by atoms with Crippen LogP contribution in [0.4, 0.5) is 0 Å². The second kappa shape index (κ2) is 7.81. The molecule has 4 heteroatoms. The zero-order valence-corrected chi connectivity index (χ0v) is 10.3. The molecule has 1 rings (SSSR count). The van der Waals surface area contributed by atoms with E-state index in [1.165, 1.54) is 7.11 Å². The summed E-state index contributed by atoms with van der Waals surface area (Å²) in [6.07, 6.45) is -0.639. The van der Waals surface area contributed by atoms with E-state index in [2.05, 4.69) is 5.32 Å². The van der Waals surface area contributed by atoms with Crippen LogP contribution in [0.1, 0.15) is 18.6 Å². The fourth-order valence-corrected chi connectivity index (χ4v) is 1.46. The minimum Gasteiger partial charge on any atom is -0.467 e. The van der Waals surface area contributed by atoms with Crippen molar-refractivity contribution in [3.05, 3.63) is 35.9 Å². The summed E-state index contributed by atoms with van der Waals surface area (Å²) >= 11 is 0. The molecule has 0 aromatic heterocycles. The number of nitrogens with one attached hydrogen (secondary N) is 1. The molecule has 0 spiro atoms. The summed E-state index contributed by atoms with van der Waals surface area (Å²) in [6.45, 7) is 4.10. The van der Waals surface area contributed by atoms with E-state index in [1.807, 2.05) is 37.3 Å². The molecule has 17 heavy (non-hydrogen) atoms. The number of rotatable bonds is 7. The van der Waals surface area contributed by atoms with E-state index in [9.17, 15) is 4.79 Å². The number of hydrogen-bond acceptors (Lipinski definition) is 4. The van der Waals surface area contributed by atoms with Crippen LogP contribution in [0, 0.1) is 0 Å². The van der Waals surface area contributed by atoms with Gasteiger partial charge in [0.2, 0.25) is 0 Å². The third-order valence-electron chi connectivity index (χ3n) is 2.33. The van der Waals surface area contributed by atoms with E-state index in [0.29, 0.717) is 6.61 Å². The third-order valence-corrected chi connectivity index (χ3v) is 2.33. The van der Waals surface area contributed by atoms with Crippen molar-refractivity contribution in [1.82, 2.24) is 5.32 Å². The van der Waals surface area contributed by atoms with Gasteiger partial charge in [-0.1, -0.05) is 37.3 Å². The van der Waals surface area contributed by atoms with E-state index >= 15 is 0 Å². The second-order valence-corrected chi connectivity index (χ2v) is 3.54. The van der Waals surface area contributed by atoms with Crippen LogP contribution in [0.25, 0.3) is 0 Å². The summed E-state index contributed by atoms with van der Waals surface area (Å²) in [7, 11) is 1.37. The number of methoxy groups -OCH3 is 1. The zero-order chi connectivity index (χ0) is 12.5. The molecule has 0 saturated heterocycles. The smallest absolute Gasteiger partial charge is 0.339 e. The maximum absolute atomic E-state index is 11.6. The first-order chi connectivity index (χ1) is 8.29. The summed E-state index contributed by atoms with van der Waals surface area (Å²) in [6, 6.07) is 9.36. The summed E-state index contributed by atoms with van der Waals surface area (Å²) in [5.41, 5.74) is 0.816. The van der Waals surface area contributed by atoms with Crippen molar-refractivity contribution >= 4 is 5.97 Å². The molecule has 1 aromatic rings. The first kappa shape index (κ1) is 13.7. The first-order valence-electron chi connectivity index (χ1n) is 5.74. The van der Waals surface area contributed by atoms with Crippen LogP contribution in [0.3, 0.4) is 0 Å². The van der Waals surface area contributed by atoms with Crippen LogP contribution in [-0.2, 0) is 14.3 Å². The van der Waals surface area contributed by atoms with Crippen LogP contribution in [0.5, 0.6) is 0 Å². The van der Waals surface area contributed by atoms with Crippen LogP contribution in [-0.4, -0.2) is 32.8 Å². The van der Waals surface area contributed by atoms with Gasteiger partial charge in [0.15, 0.2) is 6.10 Å². The third kappa shape index (κ3) is 4.54. The van der Waals surface area contributed by atoms with Crippen LogP contribution >= 0.6 is 0 Å². The summed E-state index contributed by atoms with van der Waals surface area (Å²) in [5, 5.41) is 3.13. The lowest BCUT2D eigenvalue weighted by Gasteiger charge is -2.16. The Morgan fingerprint density at radius 1 is 1.35 bits per heavy atom. The van der Waals surface area contributed by atoms with Gasteiger partial charge in [-0.3, -0.25) is 0 Å². The normalized spacial score (nSPS) is 12.1. The molecule has 0 heterocycles. The topological polar surface area (TPSA) is 47.6 Å². The molecule has 0 aliphatic rings. The van der Waals surface area contributed by atoms with Crippen molar-refractivity contribution in [3.8, 4) is 0 Å². The number of carbonyl (C=O) groups excluding carboxylic acids is 1. The van der Waals surface area contributed by atoms with E-state index in [4.69, 9.17) is 9.47 Å². The molecular formula is C13H19NO3. The van der Waals surface area contributed by atoms with Gasteiger partial charge in [-0.15, -0.1) is 0 Å². The molecular weight excluding hydrogens is 218 g/mol. The predicted octanol–water partition coefficient (Wildman–Crippen LogP) is 1.53. The standard InChI is InChI=1S/C13H19NO3/c1-3-14-9-10-17-12(13(15)16-2)11-7-5-4-6-8-11/h4-8,12,14H,3,9-10H2,1-2H3. The van der Waals surface area contributed by atoms with Crippen LogP contribution in [0.15, 0.2) is 30.3 Å². The number of benzene rings is 1. The molecule has 0 radical (unpaired) electrons. The average Bonchev–Trinajstić information content (AvgIpc) is 2.39. The number of esters is 1. The summed E-state index contributed by atoms with van der Waals surface area (Å²) in [5.74, 6) is -0.368. The van der Waals surface area contributed by atoms with Gasteiger partial charge in [0.05, 0.1) is 13.7 Å². The quantitative estimate of drug-likeness (QED) is 0.577. The molecule has 0 fully saturated rings. The molecule has 94 valence electrons. The van der Waals surface area contributed by atoms with Gasteiger partial charge in [0.25, 0.3) is 0 Å². The molecule has 0 aliphatic heterocycles. The lowest BCUT2D eigenvalue weighted by molar-refractivity contribution is -0.154. The lowest BCUT2D eigenvalue weighted by atomic mass is 10.1. The van der Waals surface area contributed by atoms with Gasteiger partial charge in [0, 0.05) is 6.54 Å². The Morgan fingerprint density at radius 2 is 2.06 bits per heavy atom. The monoisotopic (exact) mass is 237 g/mol. The Morgan fingerprint density at radius 3 is 2.65 bits per heavy atom. The van der Waals surface area contributed by atoms with Gasteiger partial charge >= 0.3 is 5.97 Å². The molecule has 0 aliphatic carbocycles. The van der Waals surface area contributed by atoms with Crippen molar-refractivity contribution < 1.29 is 14.3 Å². The van der Waals surface area contributed by atoms with Gasteiger partial charge in [0.1, 0.15) is 0 Å². The highest BCUT2D eigenvalue weighted by Crippen LogP contribution is 2.18. The molecule has 1 aromatic carbocycles. The van der Waals surface area contributed by atoms with Gasteiger partial charge in [-0.05, 0) is 12.1 Å². The molecule has 1 unspecified atom stereocenters. The van der Waals surface area contributed by atoms with Crippen molar-refractivity contribution in [2.75, 3.05) is 26.8 Å². The number of likely N-dealkylation sites (N-methyl/N-ethyl adjacent to an activating group) is 1.